The fourth-order valence-corrected chi connectivity index (χ4v) is 2.57. The van der Waals surface area contributed by atoms with Crippen molar-refractivity contribution >= 4 is 37.0 Å². The lowest BCUT2D eigenvalue weighted by Crippen LogP contribution is -2.36. The summed E-state index contributed by atoms with van der Waals surface area (Å²) < 4.78 is 10.3. The van der Waals surface area contributed by atoms with Gasteiger partial charge in [0.05, 0.1) is 37.4 Å². The van der Waals surface area contributed by atoms with Gasteiger partial charge >= 0.3 is 12.2 Å². The summed E-state index contributed by atoms with van der Waals surface area (Å²) in [6.45, 7) is 12.1. The van der Waals surface area contributed by atoms with E-state index in [9.17, 15) is 19.8 Å². The standard InChI is InChI=1S/2C9H18N2O3.2ClH/c2*1-9(2,3)14-8(13)11-4-6(10)7(12)5-11;;/h2*6-7,12H,4-5,10H2,1-3H3;2*1H/t2*6-,7-;;/m10../s1. The third-order valence-electron chi connectivity index (χ3n) is 3.97. The highest BCUT2D eigenvalue weighted by molar-refractivity contribution is 5.85. The lowest BCUT2D eigenvalue weighted by molar-refractivity contribution is 0.0261. The first-order valence-electron chi connectivity index (χ1n) is 9.42. The summed E-state index contributed by atoms with van der Waals surface area (Å²) in [5.74, 6) is 0. The van der Waals surface area contributed by atoms with Gasteiger partial charge in [0.25, 0.3) is 0 Å². The molecule has 0 spiro atoms. The molecule has 2 fully saturated rings. The van der Waals surface area contributed by atoms with Crippen LogP contribution in [0.2, 0.25) is 0 Å². The summed E-state index contributed by atoms with van der Waals surface area (Å²) in [5.41, 5.74) is 10.1. The van der Waals surface area contributed by atoms with E-state index in [1.54, 1.807) is 41.5 Å². The van der Waals surface area contributed by atoms with E-state index in [2.05, 4.69) is 0 Å². The molecule has 2 aliphatic heterocycles. The molecule has 0 aromatic heterocycles. The molecule has 2 aliphatic rings. The molecule has 2 rings (SSSR count). The fraction of sp³-hybridized carbons (Fsp3) is 0.889. The second kappa shape index (κ2) is 12.1. The Labute approximate surface area is 191 Å². The van der Waals surface area contributed by atoms with E-state index >= 15 is 0 Å². The molecule has 0 radical (unpaired) electrons. The minimum atomic E-state index is -0.637. The summed E-state index contributed by atoms with van der Waals surface area (Å²) >= 11 is 0. The Hall–Kier alpha value is -1.04. The van der Waals surface area contributed by atoms with Crippen molar-refractivity contribution in [2.75, 3.05) is 26.2 Å². The molecule has 0 aromatic carbocycles. The van der Waals surface area contributed by atoms with Crippen molar-refractivity contribution < 1.29 is 29.3 Å². The second-order valence-corrected chi connectivity index (χ2v) is 9.23. The number of carbonyl (C=O) groups is 2. The molecule has 2 amide bonds. The van der Waals surface area contributed by atoms with Crippen LogP contribution in [0.25, 0.3) is 0 Å². The fourth-order valence-electron chi connectivity index (χ4n) is 2.57. The number of likely N-dealkylation sites (tertiary alicyclic amines) is 2. The molecule has 0 unspecified atom stereocenters. The van der Waals surface area contributed by atoms with Gasteiger partial charge in [0, 0.05) is 13.1 Å². The van der Waals surface area contributed by atoms with E-state index < -0.39 is 35.6 Å². The average Bonchev–Trinajstić information content (AvgIpc) is 3.00. The zero-order chi connectivity index (χ0) is 21.9. The van der Waals surface area contributed by atoms with Gasteiger partial charge in [-0.05, 0) is 41.5 Å². The average molecular weight is 477 g/mol. The number of hydrogen-bond acceptors (Lipinski definition) is 8. The number of hydrogen-bond donors (Lipinski definition) is 4. The maximum atomic E-state index is 11.5. The number of amides is 2. The van der Waals surface area contributed by atoms with E-state index in [1.165, 1.54) is 9.80 Å². The van der Waals surface area contributed by atoms with Crippen molar-refractivity contribution in [1.29, 1.82) is 0 Å². The van der Waals surface area contributed by atoms with Crippen molar-refractivity contribution in [2.45, 2.75) is 77.0 Å². The molecule has 0 bridgehead atoms. The van der Waals surface area contributed by atoms with Gasteiger partial charge in [-0.1, -0.05) is 0 Å². The highest BCUT2D eigenvalue weighted by atomic mass is 35.5. The molecule has 180 valence electrons. The summed E-state index contributed by atoms with van der Waals surface area (Å²) in [6, 6.07) is -0.718. The quantitative estimate of drug-likeness (QED) is 0.398. The minimum Gasteiger partial charge on any atom is -0.444 e. The number of ether oxygens (including phenoxy) is 2. The molecule has 12 heteroatoms. The van der Waals surface area contributed by atoms with Gasteiger partial charge < -0.3 is 41.0 Å². The number of aliphatic hydroxyl groups excluding tert-OH is 2. The molecule has 2 heterocycles. The molecule has 0 aromatic rings. The van der Waals surface area contributed by atoms with Crippen LogP contribution in [0.15, 0.2) is 0 Å². The number of rotatable bonds is 0. The monoisotopic (exact) mass is 476 g/mol. The van der Waals surface area contributed by atoms with Crippen molar-refractivity contribution in [1.82, 2.24) is 9.80 Å². The Morgan fingerprint density at radius 3 is 1.17 bits per heavy atom. The molecular formula is C18H38Cl2N4O6. The highest BCUT2D eigenvalue weighted by Crippen LogP contribution is 2.15. The van der Waals surface area contributed by atoms with Gasteiger partial charge in [0.2, 0.25) is 0 Å². The van der Waals surface area contributed by atoms with E-state index in [1.807, 2.05) is 0 Å². The van der Waals surface area contributed by atoms with E-state index in [0.717, 1.165) is 0 Å². The Bertz CT molecular complexity index is 488. The topological polar surface area (TPSA) is 152 Å². The van der Waals surface area contributed by atoms with Gasteiger partial charge in [-0.3, -0.25) is 0 Å². The number of nitrogens with zero attached hydrogens (tertiary/aromatic N) is 2. The number of carbonyl (C=O) groups excluding carboxylic acids is 2. The molecule has 30 heavy (non-hydrogen) atoms. The lowest BCUT2D eigenvalue weighted by Gasteiger charge is -2.24. The van der Waals surface area contributed by atoms with Gasteiger partial charge in [0.15, 0.2) is 0 Å². The third-order valence-corrected chi connectivity index (χ3v) is 3.97. The maximum Gasteiger partial charge on any atom is 0.410 e. The van der Waals surface area contributed by atoms with Crippen LogP contribution in [0.4, 0.5) is 9.59 Å². The van der Waals surface area contributed by atoms with Crippen LogP contribution in [0.1, 0.15) is 41.5 Å². The molecular weight excluding hydrogens is 439 g/mol. The molecule has 2 saturated heterocycles. The van der Waals surface area contributed by atoms with Gasteiger partial charge in [-0.15, -0.1) is 24.8 Å². The summed E-state index contributed by atoms with van der Waals surface area (Å²) in [7, 11) is 0. The molecule has 0 saturated carbocycles. The SMILES string of the molecule is CC(C)(C)OC(=O)N1C[C@@H](N)[C@H](O)C1.CC(C)(C)OC(=O)N1C[C@H](N)[C@@H](O)C1.Cl.Cl. The van der Waals surface area contributed by atoms with Crippen LogP contribution in [-0.2, 0) is 9.47 Å². The minimum absolute atomic E-state index is 0. The Balaban J connectivity index is 0. The Morgan fingerprint density at radius 1 is 0.733 bits per heavy atom. The largest absolute Gasteiger partial charge is 0.444 e. The molecule has 10 nitrogen and oxygen atoms in total. The van der Waals surface area contributed by atoms with Crippen LogP contribution in [0.3, 0.4) is 0 Å². The van der Waals surface area contributed by atoms with Crippen LogP contribution in [0, 0.1) is 0 Å². The first-order valence-corrected chi connectivity index (χ1v) is 9.42. The van der Waals surface area contributed by atoms with Crippen molar-refractivity contribution in [3.8, 4) is 0 Å². The van der Waals surface area contributed by atoms with Gasteiger partial charge in [-0.2, -0.15) is 0 Å². The van der Waals surface area contributed by atoms with Gasteiger partial charge in [-0.25, -0.2) is 9.59 Å². The van der Waals surface area contributed by atoms with Crippen molar-refractivity contribution in [3.63, 3.8) is 0 Å². The third kappa shape index (κ3) is 10.8. The number of aliphatic hydroxyl groups is 2. The first kappa shape index (κ1) is 31.1. The smallest absolute Gasteiger partial charge is 0.410 e. The zero-order valence-corrected chi connectivity index (χ0v) is 20.2. The normalized spacial score (nSPS) is 26.1. The van der Waals surface area contributed by atoms with E-state index in [4.69, 9.17) is 20.9 Å². The van der Waals surface area contributed by atoms with Crippen LogP contribution >= 0.6 is 24.8 Å². The van der Waals surface area contributed by atoms with E-state index in [0.29, 0.717) is 13.1 Å². The number of halogens is 2. The predicted molar refractivity (Wildman–Crippen MR) is 118 cm³/mol. The highest BCUT2D eigenvalue weighted by Gasteiger charge is 2.34. The Morgan fingerprint density at radius 2 is 1.00 bits per heavy atom. The summed E-state index contributed by atoms with van der Waals surface area (Å²) in [6.07, 6.45) is -2.10. The number of nitrogens with two attached hydrogens (primary N) is 2. The van der Waals surface area contributed by atoms with Crippen molar-refractivity contribution in [2.24, 2.45) is 11.5 Å². The number of β-amino-alcohol motifs (C(OH)–C–C–N with tert-alkyl or cyclic N) is 2. The van der Waals surface area contributed by atoms with Crippen LogP contribution < -0.4 is 11.5 Å². The maximum absolute atomic E-state index is 11.5. The predicted octanol–water partition coefficient (Wildman–Crippen LogP) is 0.694. The second-order valence-electron chi connectivity index (χ2n) is 9.23. The summed E-state index contributed by atoms with van der Waals surface area (Å²) in [4.78, 5) is 25.8. The Kier molecular flexibility index (Phi) is 12.6. The first-order chi connectivity index (χ1) is 12.6. The van der Waals surface area contributed by atoms with E-state index in [-0.39, 0.29) is 50.0 Å². The van der Waals surface area contributed by atoms with Crippen LogP contribution in [0.5, 0.6) is 0 Å². The van der Waals surface area contributed by atoms with Gasteiger partial charge in [0.1, 0.15) is 11.2 Å². The van der Waals surface area contributed by atoms with Crippen LogP contribution in [-0.4, -0.2) is 93.9 Å². The molecule has 0 aliphatic carbocycles. The molecule has 6 N–H and O–H groups in total. The lowest BCUT2D eigenvalue weighted by atomic mass is 10.2. The van der Waals surface area contributed by atoms with Crippen molar-refractivity contribution in [3.05, 3.63) is 0 Å². The zero-order valence-electron chi connectivity index (χ0n) is 18.5. The molecule has 4 atom stereocenters. The summed E-state index contributed by atoms with van der Waals surface area (Å²) in [5, 5.41) is 18.7.